The Labute approximate surface area is 109 Å². The van der Waals surface area contributed by atoms with Gasteiger partial charge in [-0.1, -0.05) is 32.3 Å². The summed E-state index contributed by atoms with van der Waals surface area (Å²) >= 11 is 4.23. The van der Waals surface area contributed by atoms with Crippen LogP contribution in [0.5, 0.6) is 0 Å². The largest absolute Gasteiger partial charge is 0.462 e. The topological polar surface area (TPSA) is 26.3 Å². The first-order chi connectivity index (χ1) is 8.15. The third-order valence-electron chi connectivity index (χ3n) is 2.67. The van der Waals surface area contributed by atoms with E-state index in [0.29, 0.717) is 12.2 Å². The molecule has 0 amide bonds. The molecule has 0 N–H and O–H groups in total. The van der Waals surface area contributed by atoms with Crippen LogP contribution in [-0.2, 0) is 4.74 Å². The molecule has 1 aromatic rings. The van der Waals surface area contributed by atoms with Crippen LogP contribution >= 0.6 is 12.6 Å². The van der Waals surface area contributed by atoms with Crippen molar-refractivity contribution in [2.24, 2.45) is 0 Å². The smallest absolute Gasteiger partial charge is 0.338 e. The van der Waals surface area contributed by atoms with E-state index in [1.807, 2.05) is 19.1 Å². The zero-order chi connectivity index (χ0) is 12.7. The summed E-state index contributed by atoms with van der Waals surface area (Å²) in [6, 6.07) is 5.51. The number of carbonyl (C=O) groups is 1. The molecule has 2 nitrogen and oxygen atoms in total. The van der Waals surface area contributed by atoms with Crippen molar-refractivity contribution in [2.75, 3.05) is 6.61 Å². The van der Waals surface area contributed by atoms with Gasteiger partial charge in [0.05, 0.1) is 12.2 Å². The number of ether oxygens (including phenoxy) is 1. The Kier molecular flexibility index (Phi) is 6.12. The second-order valence-corrected chi connectivity index (χ2v) is 4.71. The average molecular weight is 252 g/mol. The minimum atomic E-state index is -0.241. The zero-order valence-corrected chi connectivity index (χ0v) is 11.4. The lowest BCUT2D eigenvalue weighted by Gasteiger charge is -2.07. The van der Waals surface area contributed by atoms with Crippen molar-refractivity contribution in [1.29, 1.82) is 0 Å². The first-order valence-corrected chi connectivity index (χ1v) is 6.56. The summed E-state index contributed by atoms with van der Waals surface area (Å²) in [5.41, 5.74) is 1.55. The fourth-order valence-corrected chi connectivity index (χ4v) is 1.80. The highest BCUT2D eigenvalue weighted by atomic mass is 32.1. The molecule has 0 fully saturated rings. The van der Waals surface area contributed by atoms with Crippen molar-refractivity contribution in [1.82, 2.24) is 0 Å². The summed E-state index contributed by atoms with van der Waals surface area (Å²) in [4.78, 5) is 12.6. The SMILES string of the molecule is CCCCCCOC(=O)c1cc(S)ccc1C. The van der Waals surface area contributed by atoms with Crippen molar-refractivity contribution in [3.05, 3.63) is 29.3 Å². The van der Waals surface area contributed by atoms with Crippen LogP contribution < -0.4 is 0 Å². The van der Waals surface area contributed by atoms with Crippen molar-refractivity contribution < 1.29 is 9.53 Å². The van der Waals surface area contributed by atoms with Crippen LogP contribution in [0.2, 0.25) is 0 Å². The molecule has 0 saturated carbocycles. The lowest BCUT2D eigenvalue weighted by molar-refractivity contribution is 0.0496. The van der Waals surface area contributed by atoms with Crippen molar-refractivity contribution in [2.45, 2.75) is 44.4 Å². The average Bonchev–Trinajstić information content (AvgIpc) is 2.32. The van der Waals surface area contributed by atoms with Crippen molar-refractivity contribution in [3.8, 4) is 0 Å². The van der Waals surface area contributed by atoms with Crippen LogP contribution in [0.4, 0.5) is 0 Å². The Morgan fingerprint density at radius 3 is 2.76 bits per heavy atom. The molecule has 3 heteroatoms. The maximum atomic E-state index is 11.8. The maximum absolute atomic E-state index is 11.8. The van der Waals surface area contributed by atoms with Gasteiger partial charge in [-0.25, -0.2) is 4.79 Å². The van der Waals surface area contributed by atoms with Crippen LogP contribution in [0.25, 0.3) is 0 Å². The predicted molar refractivity (Wildman–Crippen MR) is 72.9 cm³/mol. The van der Waals surface area contributed by atoms with Crippen LogP contribution in [-0.4, -0.2) is 12.6 Å². The first kappa shape index (κ1) is 14.1. The molecule has 1 rings (SSSR count). The molecule has 0 aromatic heterocycles. The Morgan fingerprint density at radius 2 is 2.06 bits per heavy atom. The lowest BCUT2D eigenvalue weighted by Crippen LogP contribution is -2.08. The van der Waals surface area contributed by atoms with Crippen LogP contribution in [0.15, 0.2) is 23.1 Å². The minimum Gasteiger partial charge on any atom is -0.462 e. The Hall–Kier alpha value is -0.960. The highest BCUT2D eigenvalue weighted by molar-refractivity contribution is 7.80. The molecular weight excluding hydrogens is 232 g/mol. The van der Waals surface area contributed by atoms with Crippen LogP contribution in [0.3, 0.4) is 0 Å². The summed E-state index contributed by atoms with van der Waals surface area (Å²) < 4.78 is 5.24. The van der Waals surface area contributed by atoms with E-state index in [9.17, 15) is 4.79 Å². The fourth-order valence-electron chi connectivity index (χ4n) is 1.60. The lowest BCUT2D eigenvalue weighted by atomic mass is 10.1. The van der Waals surface area contributed by atoms with Gasteiger partial charge in [-0.2, -0.15) is 0 Å². The monoisotopic (exact) mass is 252 g/mol. The number of hydrogen-bond donors (Lipinski definition) is 1. The summed E-state index contributed by atoms with van der Waals surface area (Å²) in [6.07, 6.45) is 4.45. The van der Waals surface area contributed by atoms with E-state index in [1.54, 1.807) is 6.07 Å². The van der Waals surface area contributed by atoms with Gasteiger partial charge < -0.3 is 4.74 Å². The van der Waals surface area contributed by atoms with Crippen LogP contribution in [0.1, 0.15) is 48.5 Å². The van der Waals surface area contributed by atoms with Gasteiger partial charge in [-0.3, -0.25) is 0 Å². The number of carbonyl (C=O) groups excluding carboxylic acids is 1. The summed E-state index contributed by atoms with van der Waals surface area (Å²) in [5.74, 6) is -0.241. The van der Waals surface area contributed by atoms with Gasteiger partial charge in [-0.15, -0.1) is 12.6 Å². The van der Waals surface area contributed by atoms with E-state index in [4.69, 9.17) is 4.74 Å². The van der Waals surface area contributed by atoms with Crippen LogP contribution in [0, 0.1) is 6.92 Å². The number of rotatable bonds is 6. The molecule has 94 valence electrons. The van der Waals surface area contributed by atoms with Gasteiger partial charge in [0, 0.05) is 4.90 Å². The molecule has 0 spiro atoms. The van der Waals surface area contributed by atoms with Gasteiger partial charge in [0.2, 0.25) is 0 Å². The Balaban J connectivity index is 2.44. The third kappa shape index (κ3) is 4.82. The molecular formula is C14H20O2S. The Morgan fingerprint density at radius 1 is 1.29 bits per heavy atom. The molecule has 0 unspecified atom stereocenters. The van der Waals surface area contributed by atoms with E-state index in [0.717, 1.165) is 23.3 Å². The first-order valence-electron chi connectivity index (χ1n) is 6.12. The number of aryl methyl sites for hydroxylation is 1. The molecule has 1 aromatic carbocycles. The maximum Gasteiger partial charge on any atom is 0.338 e. The van der Waals surface area contributed by atoms with Gasteiger partial charge in [0.15, 0.2) is 0 Å². The summed E-state index contributed by atoms with van der Waals surface area (Å²) in [7, 11) is 0. The molecule has 0 aliphatic carbocycles. The van der Waals surface area contributed by atoms with Gasteiger partial charge in [0.25, 0.3) is 0 Å². The minimum absolute atomic E-state index is 0.241. The summed E-state index contributed by atoms with van der Waals surface area (Å²) in [5, 5.41) is 0. The predicted octanol–water partition coefficient (Wildman–Crippen LogP) is 4.02. The normalized spacial score (nSPS) is 10.3. The van der Waals surface area contributed by atoms with Crippen molar-refractivity contribution in [3.63, 3.8) is 0 Å². The fraction of sp³-hybridized carbons (Fsp3) is 0.500. The summed E-state index contributed by atoms with van der Waals surface area (Å²) in [6.45, 7) is 4.57. The number of hydrogen-bond acceptors (Lipinski definition) is 3. The highest BCUT2D eigenvalue weighted by Gasteiger charge is 2.10. The molecule has 0 aliphatic heterocycles. The number of esters is 1. The standard InChI is InChI=1S/C14H20O2S/c1-3-4-5-6-9-16-14(15)13-10-12(17)8-7-11(13)2/h7-8,10,17H,3-6,9H2,1-2H3. The van der Waals surface area contributed by atoms with Gasteiger partial charge in [0.1, 0.15) is 0 Å². The van der Waals surface area contributed by atoms with Gasteiger partial charge >= 0.3 is 5.97 Å². The molecule has 0 aliphatic rings. The number of unbranched alkanes of at least 4 members (excludes halogenated alkanes) is 3. The van der Waals surface area contributed by atoms with E-state index < -0.39 is 0 Å². The van der Waals surface area contributed by atoms with E-state index in [2.05, 4.69) is 19.6 Å². The van der Waals surface area contributed by atoms with E-state index >= 15 is 0 Å². The highest BCUT2D eigenvalue weighted by Crippen LogP contribution is 2.15. The molecule has 0 heterocycles. The molecule has 0 bridgehead atoms. The van der Waals surface area contributed by atoms with Crippen molar-refractivity contribution >= 4 is 18.6 Å². The molecule has 0 radical (unpaired) electrons. The Bertz CT molecular complexity index is 374. The zero-order valence-electron chi connectivity index (χ0n) is 10.5. The van der Waals surface area contributed by atoms with E-state index in [-0.39, 0.29) is 5.97 Å². The molecule has 0 atom stereocenters. The second-order valence-electron chi connectivity index (χ2n) is 4.20. The molecule has 17 heavy (non-hydrogen) atoms. The second kappa shape index (κ2) is 7.38. The molecule has 0 saturated heterocycles. The van der Waals surface area contributed by atoms with Gasteiger partial charge in [-0.05, 0) is 31.0 Å². The van der Waals surface area contributed by atoms with E-state index in [1.165, 1.54) is 12.8 Å². The number of benzene rings is 1. The quantitative estimate of drug-likeness (QED) is 0.470. The third-order valence-corrected chi connectivity index (χ3v) is 2.95. The number of thiol groups is 1.